The highest BCUT2D eigenvalue weighted by Gasteiger charge is 2.57. The van der Waals surface area contributed by atoms with E-state index >= 15 is 0 Å². The first-order valence-corrected chi connectivity index (χ1v) is 13.1. The Hall–Kier alpha value is -3.19. The van der Waals surface area contributed by atoms with E-state index in [0.717, 1.165) is 42.5 Å². The van der Waals surface area contributed by atoms with Crippen LogP contribution < -0.4 is 5.32 Å². The van der Waals surface area contributed by atoms with Gasteiger partial charge in [0.2, 0.25) is 5.91 Å². The second kappa shape index (κ2) is 10.4. The number of rotatable bonds is 7. The third kappa shape index (κ3) is 4.76. The second-order valence-corrected chi connectivity index (χ2v) is 10.5. The number of benzene rings is 2. The van der Waals surface area contributed by atoms with E-state index in [9.17, 15) is 14.4 Å². The highest BCUT2D eigenvalue weighted by molar-refractivity contribution is 6.02. The quantitative estimate of drug-likeness (QED) is 0.617. The van der Waals surface area contributed by atoms with Crippen LogP contribution in [0.4, 0.5) is 10.5 Å². The van der Waals surface area contributed by atoms with Crippen LogP contribution >= 0.6 is 0 Å². The van der Waals surface area contributed by atoms with Crippen LogP contribution in [0.5, 0.6) is 0 Å². The number of anilines is 1. The zero-order chi connectivity index (χ0) is 25.2. The molecule has 4 amide bonds. The van der Waals surface area contributed by atoms with Crippen molar-refractivity contribution in [2.45, 2.75) is 70.1 Å². The van der Waals surface area contributed by atoms with E-state index in [1.807, 2.05) is 54.6 Å². The fourth-order valence-corrected chi connectivity index (χ4v) is 6.03. The average Bonchev–Trinajstić information content (AvgIpc) is 3.27. The number of imide groups is 1. The van der Waals surface area contributed by atoms with Gasteiger partial charge in [0, 0.05) is 18.2 Å². The van der Waals surface area contributed by atoms with Crippen molar-refractivity contribution >= 4 is 23.5 Å². The first-order valence-electron chi connectivity index (χ1n) is 13.1. The minimum atomic E-state index is -0.706. The Kier molecular flexibility index (Phi) is 7.10. The summed E-state index contributed by atoms with van der Waals surface area (Å²) in [6.07, 6.45) is 3.73. The Bertz CT molecular complexity index is 1120. The molecule has 0 bridgehead atoms. The van der Waals surface area contributed by atoms with Crippen LogP contribution in [0.25, 0.3) is 0 Å². The molecule has 4 unspecified atom stereocenters. The fraction of sp³-hybridized carbons (Fsp3) is 0.483. The number of nitrogens with one attached hydrogen (secondary N) is 1. The number of nitrogens with zero attached hydrogens (tertiary/aromatic N) is 2. The molecule has 3 fully saturated rings. The van der Waals surface area contributed by atoms with Gasteiger partial charge in [0.25, 0.3) is 5.91 Å². The van der Waals surface area contributed by atoms with Gasteiger partial charge in [0.05, 0.1) is 12.1 Å². The van der Waals surface area contributed by atoms with E-state index < -0.39 is 12.1 Å². The molecule has 2 aromatic rings. The standard InChI is InChI=1S/C29H35N3O4/c1-19(2)21-12-6-8-14-23(21)30-25(33)18-32-26-22-13-7-9-15-24(22)36-27(26)28(34)31(29(32)35)17-16-20-10-4-3-5-11-20/h3-6,8,10-12,14,19,22,24,26-27H,7,9,13,15-18H2,1-2H3,(H,30,33). The Balaban J connectivity index is 1.38. The van der Waals surface area contributed by atoms with Gasteiger partial charge < -0.3 is 15.0 Å². The van der Waals surface area contributed by atoms with Gasteiger partial charge in [-0.3, -0.25) is 14.5 Å². The molecule has 36 heavy (non-hydrogen) atoms. The lowest BCUT2D eigenvalue weighted by atomic mass is 9.81. The SMILES string of the molecule is CC(C)c1ccccc1NC(=O)CN1C(=O)N(CCc2ccccc2)C(=O)C2OC3CCCCC3C21. The van der Waals surface area contributed by atoms with Crippen molar-refractivity contribution in [3.05, 3.63) is 65.7 Å². The van der Waals surface area contributed by atoms with Gasteiger partial charge in [-0.05, 0) is 42.4 Å². The van der Waals surface area contributed by atoms with E-state index in [0.29, 0.717) is 6.42 Å². The van der Waals surface area contributed by atoms with Crippen molar-refractivity contribution in [2.24, 2.45) is 5.92 Å². The molecule has 5 rings (SSSR count). The molecule has 7 nitrogen and oxygen atoms in total. The monoisotopic (exact) mass is 489 g/mol. The van der Waals surface area contributed by atoms with Gasteiger partial charge in [-0.2, -0.15) is 0 Å². The summed E-state index contributed by atoms with van der Waals surface area (Å²) in [5, 5.41) is 3.02. The number of amides is 4. The van der Waals surface area contributed by atoms with Crippen LogP contribution in [0, 0.1) is 5.92 Å². The van der Waals surface area contributed by atoms with Crippen molar-refractivity contribution in [3.63, 3.8) is 0 Å². The predicted octanol–water partition coefficient (Wildman–Crippen LogP) is 4.58. The number of carbonyl (C=O) groups is 3. The summed E-state index contributed by atoms with van der Waals surface area (Å²) in [4.78, 5) is 43.4. The maximum Gasteiger partial charge on any atom is 0.327 e. The van der Waals surface area contributed by atoms with Crippen molar-refractivity contribution in [2.75, 3.05) is 18.4 Å². The highest BCUT2D eigenvalue weighted by atomic mass is 16.5. The predicted molar refractivity (Wildman–Crippen MR) is 138 cm³/mol. The topological polar surface area (TPSA) is 79.0 Å². The molecular formula is C29H35N3O4. The third-order valence-corrected chi connectivity index (χ3v) is 7.81. The normalized spacial score (nSPS) is 25.6. The molecule has 2 saturated heterocycles. The maximum absolute atomic E-state index is 13.7. The van der Waals surface area contributed by atoms with Gasteiger partial charge in [0.1, 0.15) is 6.54 Å². The molecule has 1 aliphatic carbocycles. The first kappa shape index (κ1) is 24.5. The number of hydrogen-bond donors (Lipinski definition) is 1. The fourth-order valence-electron chi connectivity index (χ4n) is 6.03. The van der Waals surface area contributed by atoms with Gasteiger partial charge in [-0.25, -0.2) is 4.79 Å². The Labute approximate surface area is 212 Å². The number of ether oxygens (including phenoxy) is 1. The first-order chi connectivity index (χ1) is 17.4. The number of fused-ring (bicyclic) bond motifs is 3. The Morgan fingerprint density at radius 2 is 1.75 bits per heavy atom. The molecule has 0 aromatic heterocycles. The van der Waals surface area contributed by atoms with E-state index in [4.69, 9.17) is 4.74 Å². The van der Waals surface area contributed by atoms with E-state index in [1.165, 1.54) is 4.90 Å². The van der Waals surface area contributed by atoms with Crippen LogP contribution in [0.2, 0.25) is 0 Å². The van der Waals surface area contributed by atoms with Gasteiger partial charge in [-0.15, -0.1) is 0 Å². The molecule has 0 spiro atoms. The van der Waals surface area contributed by atoms with E-state index in [2.05, 4.69) is 19.2 Å². The van der Waals surface area contributed by atoms with Gasteiger partial charge in [-0.1, -0.05) is 75.2 Å². The number of para-hydroxylation sites is 1. The minimum absolute atomic E-state index is 0.0354. The summed E-state index contributed by atoms with van der Waals surface area (Å²) in [5.41, 5.74) is 2.86. The number of urea groups is 1. The summed E-state index contributed by atoms with van der Waals surface area (Å²) < 4.78 is 6.28. The molecule has 1 N–H and O–H groups in total. The Morgan fingerprint density at radius 1 is 1.03 bits per heavy atom. The van der Waals surface area contributed by atoms with Gasteiger partial charge in [0.15, 0.2) is 6.10 Å². The van der Waals surface area contributed by atoms with Crippen LogP contribution in [0.3, 0.4) is 0 Å². The summed E-state index contributed by atoms with van der Waals surface area (Å²) in [6.45, 7) is 4.32. The maximum atomic E-state index is 13.7. The molecular weight excluding hydrogens is 454 g/mol. The largest absolute Gasteiger partial charge is 0.363 e. The van der Waals surface area contributed by atoms with Gasteiger partial charge >= 0.3 is 6.03 Å². The molecule has 0 radical (unpaired) electrons. The molecule has 4 atom stereocenters. The van der Waals surface area contributed by atoms with Crippen molar-refractivity contribution in [1.29, 1.82) is 0 Å². The molecule has 2 aliphatic heterocycles. The lowest BCUT2D eigenvalue weighted by molar-refractivity contribution is -0.147. The molecule has 7 heteroatoms. The summed E-state index contributed by atoms with van der Waals surface area (Å²) in [5.74, 6) is -0.188. The van der Waals surface area contributed by atoms with E-state index in [-0.39, 0.29) is 48.9 Å². The van der Waals surface area contributed by atoms with Crippen LogP contribution in [-0.4, -0.2) is 59.0 Å². The zero-order valence-corrected chi connectivity index (χ0v) is 21.1. The zero-order valence-electron chi connectivity index (χ0n) is 21.1. The molecule has 190 valence electrons. The molecule has 2 aromatic carbocycles. The summed E-state index contributed by atoms with van der Waals surface area (Å²) >= 11 is 0. The summed E-state index contributed by atoms with van der Waals surface area (Å²) in [6, 6.07) is 16.8. The Morgan fingerprint density at radius 3 is 2.53 bits per heavy atom. The molecule has 2 heterocycles. The highest BCUT2D eigenvalue weighted by Crippen LogP contribution is 2.43. The molecule has 1 saturated carbocycles. The average molecular weight is 490 g/mol. The lowest BCUT2D eigenvalue weighted by Gasteiger charge is -2.43. The van der Waals surface area contributed by atoms with Crippen molar-refractivity contribution in [3.8, 4) is 0 Å². The third-order valence-electron chi connectivity index (χ3n) is 7.81. The molecule has 3 aliphatic rings. The minimum Gasteiger partial charge on any atom is -0.363 e. The van der Waals surface area contributed by atoms with E-state index in [1.54, 1.807) is 4.90 Å². The van der Waals surface area contributed by atoms with Crippen LogP contribution in [-0.2, 0) is 20.7 Å². The van der Waals surface area contributed by atoms with Crippen molar-refractivity contribution in [1.82, 2.24) is 9.80 Å². The van der Waals surface area contributed by atoms with Crippen LogP contribution in [0.1, 0.15) is 56.6 Å². The smallest absolute Gasteiger partial charge is 0.327 e. The van der Waals surface area contributed by atoms with Crippen molar-refractivity contribution < 1.29 is 19.1 Å². The second-order valence-electron chi connectivity index (χ2n) is 10.5. The number of carbonyl (C=O) groups excluding carboxylic acids is 3. The van der Waals surface area contributed by atoms with Crippen LogP contribution in [0.15, 0.2) is 54.6 Å². The summed E-state index contributed by atoms with van der Waals surface area (Å²) in [7, 11) is 0. The lowest BCUT2D eigenvalue weighted by Crippen LogP contribution is -2.65. The number of hydrogen-bond acceptors (Lipinski definition) is 4.